The van der Waals surface area contributed by atoms with Crippen molar-refractivity contribution in [2.45, 2.75) is 32.7 Å². The maximum absolute atomic E-state index is 11.5. The minimum atomic E-state index is -0.211. The van der Waals surface area contributed by atoms with E-state index in [-0.39, 0.29) is 5.97 Å². The maximum Gasteiger partial charge on any atom is 0.309 e. The van der Waals surface area contributed by atoms with Gasteiger partial charge >= 0.3 is 5.97 Å². The predicted octanol–water partition coefficient (Wildman–Crippen LogP) is 2.60. The summed E-state index contributed by atoms with van der Waals surface area (Å²) in [7, 11) is 1.42. The van der Waals surface area contributed by atoms with E-state index in [0.29, 0.717) is 6.42 Å². The minimum Gasteiger partial charge on any atom is -0.469 e. The highest BCUT2D eigenvalue weighted by Crippen LogP contribution is 2.14. The molecule has 0 amide bonds. The number of carbonyl (C=O) groups excluding carboxylic acids is 1. The number of hydrogen-bond acceptors (Lipinski definition) is 3. The van der Waals surface area contributed by atoms with Crippen molar-refractivity contribution in [3.63, 3.8) is 0 Å². The number of esters is 1. The van der Waals surface area contributed by atoms with E-state index in [4.69, 9.17) is 4.74 Å². The van der Waals surface area contributed by atoms with Gasteiger partial charge in [-0.15, -0.1) is 0 Å². The molecule has 0 fully saturated rings. The molecule has 1 aromatic carbocycles. The van der Waals surface area contributed by atoms with Crippen LogP contribution in [0, 0.1) is 0 Å². The molecule has 4 nitrogen and oxygen atoms in total. The van der Waals surface area contributed by atoms with Crippen LogP contribution >= 0.6 is 0 Å². The van der Waals surface area contributed by atoms with Gasteiger partial charge in [-0.25, -0.2) is 4.98 Å². The molecular formula is C16H20N2O2. The van der Waals surface area contributed by atoms with Crippen LogP contribution in [-0.4, -0.2) is 22.6 Å². The fourth-order valence-electron chi connectivity index (χ4n) is 2.23. The molecule has 4 heteroatoms. The first-order valence-electron chi connectivity index (χ1n) is 6.88. The van der Waals surface area contributed by atoms with Crippen LogP contribution in [0.3, 0.4) is 0 Å². The van der Waals surface area contributed by atoms with E-state index in [1.165, 1.54) is 7.11 Å². The molecule has 1 heterocycles. The molecule has 0 atom stereocenters. The van der Waals surface area contributed by atoms with Gasteiger partial charge in [0.25, 0.3) is 0 Å². The normalized spacial score (nSPS) is 10.5. The van der Waals surface area contributed by atoms with Gasteiger partial charge in [-0.3, -0.25) is 4.79 Å². The van der Waals surface area contributed by atoms with Crippen LogP contribution in [0.25, 0.3) is 0 Å². The summed E-state index contributed by atoms with van der Waals surface area (Å²) in [6, 6.07) is 7.96. The molecule has 106 valence electrons. The van der Waals surface area contributed by atoms with Gasteiger partial charge in [0.1, 0.15) is 5.82 Å². The van der Waals surface area contributed by atoms with E-state index in [9.17, 15) is 4.79 Å². The Morgan fingerprint density at radius 1 is 1.30 bits per heavy atom. The molecular weight excluding hydrogens is 252 g/mol. The summed E-state index contributed by atoms with van der Waals surface area (Å²) >= 11 is 0. The van der Waals surface area contributed by atoms with Crippen LogP contribution in [-0.2, 0) is 28.9 Å². The Morgan fingerprint density at radius 3 is 2.75 bits per heavy atom. The molecule has 2 rings (SSSR count). The number of rotatable bonds is 6. The predicted molar refractivity (Wildman–Crippen MR) is 77.5 cm³/mol. The fourth-order valence-corrected chi connectivity index (χ4v) is 2.23. The maximum atomic E-state index is 11.5. The van der Waals surface area contributed by atoms with Crippen molar-refractivity contribution >= 4 is 5.97 Å². The fraction of sp³-hybridized carbons (Fsp3) is 0.375. The Morgan fingerprint density at radius 2 is 2.05 bits per heavy atom. The lowest BCUT2D eigenvalue weighted by Gasteiger charge is -2.11. The first-order valence-corrected chi connectivity index (χ1v) is 6.88. The molecule has 0 radical (unpaired) electrons. The molecule has 0 spiro atoms. The van der Waals surface area contributed by atoms with Gasteiger partial charge in [-0.1, -0.05) is 31.2 Å². The Hall–Kier alpha value is -2.10. The summed E-state index contributed by atoms with van der Waals surface area (Å²) in [5.74, 6) is 0.872. The molecule has 1 aromatic heterocycles. The van der Waals surface area contributed by atoms with Crippen molar-refractivity contribution in [1.29, 1.82) is 0 Å². The van der Waals surface area contributed by atoms with Gasteiger partial charge in [0.2, 0.25) is 0 Å². The zero-order valence-corrected chi connectivity index (χ0v) is 12.0. The van der Waals surface area contributed by atoms with Crippen LogP contribution in [0.5, 0.6) is 0 Å². The van der Waals surface area contributed by atoms with Crippen LogP contribution in [0.15, 0.2) is 36.7 Å². The number of hydrogen-bond donors (Lipinski definition) is 0. The molecule has 20 heavy (non-hydrogen) atoms. The summed E-state index contributed by atoms with van der Waals surface area (Å²) in [5, 5.41) is 0. The van der Waals surface area contributed by atoms with E-state index in [2.05, 4.69) is 16.5 Å². The molecule has 0 saturated carbocycles. The zero-order valence-electron chi connectivity index (χ0n) is 12.0. The van der Waals surface area contributed by atoms with Crippen molar-refractivity contribution in [1.82, 2.24) is 9.55 Å². The Kier molecular flexibility index (Phi) is 4.93. The van der Waals surface area contributed by atoms with E-state index >= 15 is 0 Å². The topological polar surface area (TPSA) is 44.1 Å². The third kappa shape index (κ3) is 3.47. The zero-order chi connectivity index (χ0) is 14.4. The largest absolute Gasteiger partial charge is 0.469 e. The lowest BCUT2D eigenvalue weighted by molar-refractivity contribution is -0.139. The number of nitrogens with zero attached hydrogens (tertiary/aromatic N) is 2. The summed E-state index contributed by atoms with van der Waals surface area (Å²) in [6.45, 7) is 2.88. The number of aromatic nitrogens is 2. The number of imidazole rings is 1. The Bertz CT molecular complexity index is 575. The second-order valence-electron chi connectivity index (χ2n) is 4.74. The quantitative estimate of drug-likeness (QED) is 0.759. The Labute approximate surface area is 119 Å². The molecule has 0 N–H and O–H groups in total. The van der Waals surface area contributed by atoms with Gasteiger partial charge in [0.05, 0.1) is 13.5 Å². The lowest BCUT2D eigenvalue weighted by atomic mass is 10.0. The van der Waals surface area contributed by atoms with Crippen molar-refractivity contribution in [2.75, 3.05) is 7.11 Å². The third-order valence-electron chi connectivity index (χ3n) is 3.30. The average molecular weight is 272 g/mol. The van der Waals surface area contributed by atoms with Crippen molar-refractivity contribution < 1.29 is 9.53 Å². The molecule has 2 aromatic rings. The highest BCUT2D eigenvalue weighted by atomic mass is 16.5. The van der Waals surface area contributed by atoms with Crippen LogP contribution in [0.1, 0.15) is 30.3 Å². The molecule has 0 saturated heterocycles. The van der Waals surface area contributed by atoms with Crippen LogP contribution in [0.4, 0.5) is 0 Å². The first-order chi connectivity index (χ1) is 9.74. The number of methoxy groups -OCH3 is 1. The summed E-state index contributed by atoms with van der Waals surface area (Å²) in [4.78, 5) is 15.8. The van der Waals surface area contributed by atoms with Gasteiger partial charge < -0.3 is 9.30 Å². The van der Waals surface area contributed by atoms with E-state index in [0.717, 1.165) is 36.3 Å². The van der Waals surface area contributed by atoms with Crippen molar-refractivity contribution in [2.24, 2.45) is 0 Å². The molecule has 0 unspecified atom stereocenters. The number of benzene rings is 1. The van der Waals surface area contributed by atoms with Crippen molar-refractivity contribution in [3.8, 4) is 0 Å². The van der Waals surface area contributed by atoms with Gasteiger partial charge in [0.15, 0.2) is 0 Å². The third-order valence-corrected chi connectivity index (χ3v) is 3.30. The van der Waals surface area contributed by atoms with Gasteiger partial charge in [-0.05, 0) is 17.5 Å². The molecule has 0 aliphatic carbocycles. The van der Waals surface area contributed by atoms with E-state index < -0.39 is 0 Å². The average Bonchev–Trinajstić information content (AvgIpc) is 2.88. The number of aryl methyl sites for hydroxylation is 1. The summed E-state index contributed by atoms with van der Waals surface area (Å²) in [5.41, 5.74) is 2.14. The highest BCUT2D eigenvalue weighted by Gasteiger charge is 2.09. The van der Waals surface area contributed by atoms with Gasteiger partial charge in [0, 0.05) is 25.4 Å². The van der Waals surface area contributed by atoms with Gasteiger partial charge in [-0.2, -0.15) is 0 Å². The number of carbonyl (C=O) groups is 1. The van der Waals surface area contributed by atoms with E-state index in [1.54, 1.807) is 0 Å². The second-order valence-corrected chi connectivity index (χ2v) is 4.74. The molecule has 0 aliphatic rings. The van der Waals surface area contributed by atoms with E-state index in [1.807, 2.05) is 36.7 Å². The standard InChI is InChI=1S/C16H20N2O2/c1-3-6-15-17-9-10-18(15)12-14-8-5-4-7-13(14)11-16(19)20-2/h4-5,7-10H,3,6,11-12H2,1-2H3. The monoisotopic (exact) mass is 272 g/mol. The summed E-state index contributed by atoms with van der Waals surface area (Å²) < 4.78 is 6.89. The van der Waals surface area contributed by atoms with Crippen LogP contribution in [0.2, 0.25) is 0 Å². The summed E-state index contributed by atoms with van der Waals surface area (Å²) in [6.07, 6.45) is 6.16. The lowest BCUT2D eigenvalue weighted by Crippen LogP contribution is -2.10. The molecule has 0 bridgehead atoms. The van der Waals surface area contributed by atoms with Crippen LogP contribution < -0.4 is 0 Å². The van der Waals surface area contributed by atoms with Crippen molar-refractivity contribution in [3.05, 3.63) is 53.6 Å². The number of ether oxygens (including phenoxy) is 1. The smallest absolute Gasteiger partial charge is 0.309 e. The Balaban J connectivity index is 2.20. The first kappa shape index (κ1) is 14.3. The molecule has 0 aliphatic heterocycles. The second kappa shape index (κ2) is 6.89. The SMILES string of the molecule is CCCc1nccn1Cc1ccccc1CC(=O)OC. The minimum absolute atomic E-state index is 0.211. The highest BCUT2D eigenvalue weighted by molar-refractivity contribution is 5.72.